The summed E-state index contributed by atoms with van der Waals surface area (Å²) in [7, 11) is 3.13. The predicted octanol–water partition coefficient (Wildman–Crippen LogP) is -8.68. The molecule has 37 heteroatoms. The smallest absolute Gasteiger partial charge is 0.325 e. The van der Waals surface area contributed by atoms with E-state index in [4.69, 9.17) is 42.6 Å². The Bertz CT molecular complexity index is 2790. The molecule has 18 atom stereocenters. The van der Waals surface area contributed by atoms with Crippen LogP contribution in [0.15, 0.2) is 91.0 Å². The zero-order valence-corrected chi connectivity index (χ0v) is 54.7. The van der Waals surface area contributed by atoms with Crippen molar-refractivity contribution in [2.45, 2.75) is 110 Å². The van der Waals surface area contributed by atoms with Gasteiger partial charge >= 0.3 is 17.9 Å². The maximum absolute atomic E-state index is 15.1. The first kappa shape index (κ1) is 81.1. The summed E-state index contributed by atoms with van der Waals surface area (Å²) in [6.45, 7) is -11.7. The van der Waals surface area contributed by atoms with Gasteiger partial charge in [0.15, 0.2) is 18.9 Å². The molecule has 100 heavy (non-hydrogen) atoms. The lowest BCUT2D eigenvalue weighted by atomic mass is 9.99. The maximum atomic E-state index is 15.1. The van der Waals surface area contributed by atoms with Gasteiger partial charge in [0, 0.05) is 39.3 Å². The molecule has 3 aromatic carbocycles. The van der Waals surface area contributed by atoms with Crippen molar-refractivity contribution in [1.82, 2.24) is 35.6 Å². The number of benzene rings is 3. The molecule has 3 aromatic rings. The number of aliphatic hydroxyl groups is 12. The van der Waals surface area contributed by atoms with Gasteiger partial charge in [-0.25, -0.2) is 0 Å². The van der Waals surface area contributed by atoms with Gasteiger partial charge < -0.3 is 135 Å². The van der Waals surface area contributed by atoms with Gasteiger partial charge in [-0.15, -0.1) is 0 Å². The van der Waals surface area contributed by atoms with Crippen molar-refractivity contribution >= 4 is 53.4 Å². The Hall–Kier alpha value is -7.87. The number of nitrogens with one attached hydrogen (secondary N) is 3. The molecule has 0 spiro atoms. The number of nitrogens with zero attached hydrogens (tertiary/aromatic N) is 4. The van der Waals surface area contributed by atoms with Crippen LogP contribution in [-0.2, 0) is 85.8 Å². The summed E-state index contributed by atoms with van der Waals surface area (Å²) in [4.78, 5) is 131. The molecule has 0 aliphatic carbocycles. The highest BCUT2D eigenvalue weighted by Gasteiger charge is 2.48. The largest absolute Gasteiger partial charge is 0.468 e. The van der Waals surface area contributed by atoms with Crippen molar-refractivity contribution in [2.75, 3.05) is 120 Å². The van der Waals surface area contributed by atoms with Crippen LogP contribution in [-0.4, -0.2) is 346 Å². The SMILES string of the molecule is COC(=O)CNC(=O)C(c1ccccc1)N(CCN(CCN(C(=O)CO[C@H]1O[C@H](CO)[C@@H](O)[C@H](O)[C@@H]1O)C(C(=O)NCC(=O)OC)c1ccccc1)CCN(C(=O)CO[C@H]1O[C@H](CO)[C@@H](O)[C@H](O)[C@@H]1O)C(C(=O)NCC(=O)OC)c1ccccc1)C(=O)CO[C@H]1O[C@H](CO)[C@@H](O)[C@H](O)[C@@H]1O. The van der Waals surface area contributed by atoms with Crippen molar-refractivity contribution in [1.29, 1.82) is 0 Å². The standard InChI is InChI=1S/C63H87N7O30/c1-92-43(77)25-64-58(89)46(34-13-7-4-8-14-34)68(40(74)31-95-61-55(86)52(83)49(80)37(28-71)98-61)22-19-67(20-23-69(41(75)32-96-62-56(87)53(84)50(81)38(29-72)99-62)47(35-15-9-5-10-16-35)59(90)65-26-44(78)93-2)21-24-70(42(76)33-97-63-57(88)54(85)51(82)39(30-73)100-63)48(36-17-11-6-12-18-36)60(91)66-27-45(79)94-3/h4-18,37-39,46-57,61-63,71-73,80-88H,19-33H2,1-3H3,(H,64,89)(H,65,90)(H,66,91)/t37-,38-,39-,46?,47?,48?,49-,50-,51-,52+,53+,54+,55+,56+,57+,61+,62+,63+/m1/s1. The molecule has 3 heterocycles. The Kier molecular flexibility index (Phi) is 32.4. The lowest BCUT2D eigenvalue weighted by molar-refractivity contribution is -0.299. The second-order valence-electron chi connectivity index (χ2n) is 22.9. The average Bonchev–Trinajstić information content (AvgIpc) is 0.832. The number of esters is 3. The van der Waals surface area contributed by atoms with Crippen molar-refractivity contribution in [3.8, 4) is 0 Å². The molecule has 3 fully saturated rings. The van der Waals surface area contributed by atoms with E-state index in [1.165, 1.54) is 77.7 Å². The number of aliphatic hydroxyl groups excluding tert-OH is 12. The van der Waals surface area contributed by atoms with Gasteiger partial charge in [0.2, 0.25) is 35.4 Å². The van der Waals surface area contributed by atoms with Crippen molar-refractivity contribution in [3.05, 3.63) is 108 Å². The van der Waals surface area contributed by atoms with Crippen LogP contribution >= 0.6 is 0 Å². The zero-order chi connectivity index (χ0) is 73.3. The fourth-order valence-electron chi connectivity index (χ4n) is 10.9. The Balaban J connectivity index is 1.52. The van der Waals surface area contributed by atoms with E-state index in [1.807, 2.05) is 0 Å². The minimum atomic E-state index is -2.03. The number of carbonyl (C=O) groups excluding carboxylic acids is 9. The fourth-order valence-corrected chi connectivity index (χ4v) is 10.9. The van der Waals surface area contributed by atoms with E-state index in [0.29, 0.717) is 0 Å². The Morgan fingerprint density at radius 2 is 0.610 bits per heavy atom. The zero-order valence-electron chi connectivity index (χ0n) is 54.7. The van der Waals surface area contributed by atoms with Gasteiger partial charge in [-0.1, -0.05) is 91.0 Å². The molecule has 0 aromatic heterocycles. The first-order valence-corrected chi connectivity index (χ1v) is 31.4. The van der Waals surface area contributed by atoms with Gasteiger partial charge in [-0.2, -0.15) is 0 Å². The number of ether oxygens (including phenoxy) is 9. The first-order chi connectivity index (χ1) is 47.8. The second-order valence-corrected chi connectivity index (χ2v) is 22.9. The molecule has 6 amide bonds. The molecule has 37 nitrogen and oxygen atoms in total. The van der Waals surface area contributed by atoms with Crippen molar-refractivity contribution in [3.63, 3.8) is 0 Å². The van der Waals surface area contributed by atoms with E-state index in [-0.39, 0.29) is 16.7 Å². The summed E-state index contributed by atoms with van der Waals surface area (Å²) in [5.41, 5.74) is 0.284. The molecular formula is C63H87N7O30. The van der Waals surface area contributed by atoms with E-state index in [1.54, 1.807) is 18.2 Å². The summed E-state index contributed by atoms with van der Waals surface area (Å²) in [6.07, 6.45) is -27.9. The average molecular weight is 1420 g/mol. The summed E-state index contributed by atoms with van der Waals surface area (Å²) in [5.74, 6) is -9.09. The summed E-state index contributed by atoms with van der Waals surface area (Å²) in [6, 6.07) is 17.2. The summed E-state index contributed by atoms with van der Waals surface area (Å²) >= 11 is 0. The van der Waals surface area contributed by atoms with E-state index < -0.39 is 262 Å². The van der Waals surface area contributed by atoms with Crippen LogP contribution in [0.3, 0.4) is 0 Å². The van der Waals surface area contributed by atoms with Crippen LogP contribution < -0.4 is 16.0 Å². The third-order valence-electron chi connectivity index (χ3n) is 16.5. The molecule has 3 unspecified atom stereocenters. The quantitative estimate of drug-likeness (QED) is 0.0190. The third-order valence-corrected chi connectivity index (χ3v) is 16.5. The highest BCUT2D eigenvalue weighted by atomic mass is 16.7. The molecule has 554 valence electrons. The Morgan fingerprint density at radius 1 is 0.370 bits per heavy atom. The monoisotopic (exact) mass is 1420 g/mol. The van der Waals surface area contributed by atoms with Crippen LogP contribution in [0.4, 0.5) is 0 Å². The van der Waals surface area contributed by atoms with Gasteiger partial charge in [0.1, 0.15) is 131 Å². The van der Waals surface area contributed by atoms with Crippen LogP contribution in [0, 0.1) is 0 Å². The molecule has 15 N–H and O–H groups in total. The topological polar surface area (TPSA) is 529 Å². The number of hydrogen-bond donors (Lipinski definition) is 15. The minimum absolute atomic E-state index is 0.0947. The van der Waals surface area contributed by atoms with E-state index >= 15 is 14.4 Å². The number of hydrogen-bond acceptors (Lipinski definition) is 31. The number of methoxy groups -OCH3 is 3. The molecule has 6 rings (SSSR count). The minimum Gasteiger partial charge on any atom is -0.468 e. The molecule has 0 bridgehead atoms. The van der Waals surface area contributed by atoms with E-state index in [0.717, 1.165) is 36.0 Å². The van der Waals surface area contributed by atoms with Crippen molar-refractivity contribution < 1.29 is 147 Å². The fraction of sp³-hybridized carbons (Fsp3) is 0.571. The lowest BCUT2D eigenvalue weighted by Gasteiger charge is -2.40. The molecule has 0 saturated carbocycles. The highest BCUT2D eigenvalue weighted by molar-refractivity contribution is 5.93. The number of rotatable bonds is 36. The number of carbonyl (C=O) groups is 9. The van der Waals surface area contributed by atoms with Gasteiger partial charge in [0.25, 0.3) is 0 Å². The van der Waals surface area contributed by atoms with Gasteiger partial charge in [0.05, 0.1) is 41.2 Å². The first-order valence-electron chi connectivity index (χ1n) is 31.4. The highest BCUT2D eigenvalue weighted by Crippen LogP contribution is 2.30. The second kappa shape index (κ2) is 39.9. The van der Waals surface area contributed by atoms with Crippen LogP contribution in [0.25, 0.3) is 0 Å². The molecular weight excluding hydrogens is 1330 g/mol. The Labute approximate surface area is 572 Å². The molecule has 0 radical (unpaired) electrons. The maximum Gasteiger partial charge on any atom is 0.325 e. The molecule has 3 aliphatic rings. The Morgan fingerprint density at radius 3 is 0.830 bits per heavy atom. The van der Waals surface area contributed by atoms with Crippen LogP contribution in [0.5, 0.6) is 0 Å². The summed E-state index contributed by atoms with van der Waals surface area (Å²) in [5, 5.41) is 133. The van der Waals surface area contributed by atoms with Crippen LogP contribution in [0.2, 0.25) is 0 Å². The number of amides is 6. The lowest BCUT2D eigenvalue weighted by Crippen LogP contribution is -2.59. The normalized spacial score (nSPS) is 26.0. The molecule has 3 saturated heterocycles. The summed E-state index contributed by atoms with van der Waals surface area (Å²) < 4.78 is 47.9. The molecule has 3 aliphatic heterocycles. The van der Waals surface area contributed by atoms with E-state index in [2.05, 4.69) is 16.0 Å². The van der Waals surface area contributed by atoms with Gasteiger partial charge in [-0.3, -0.25) is 48.1 Å². The van der Waals surface area contributed by atoms with Crippen LogP contribution in [0.1, 0.15) is 34.8 Å². The predicted molar refractivity (Wildman–Crippen MR) is 333 cm³/mol. The van der Waals surface area contributed by atoms with Crippen molar-refractivity contribution in [2.24, 2.45) is 0 Å². The third kappa shape index (κ3) is 21.8. The van der Waals surface area contributed by atoms with Gasteiger partial charge in [-0.05, 0) is 16.7 Å². The van der Waals surface area contributed by atoms with E-state index in [9.17, 15) is 90.0 Å².